The van der Waals surface area contributed by atoms with Crippen LogP contribution in [0.15, 0.2) is 24.3 Å². The summed E-state index contributed by atoms with van der Waals surface area (Å²) in [4.78, 5) is 14.0. The molecule has 1 aromatic carbocycles. The Labute approximate surface area is 131 Å². The lowest BCUT2D eigenvalue weighted by molar-refractivity contribution is -0.134. The molecule has 0 bridgehead atoms. The van der Waals surface area contributed by atoms with E-state index in [0.29, 0.717) is 32.8 Å². The lowest BCUT2D eigenvalue weighted by atomic mass is 9.78. The second-order valence-corrected chi connectivity index (χ2v) is 6.32. The van der Waals surface area contributed by atoms with E-state index in [-0.39, 0.29) is 23.2 Å². The number of hydrogen-bond acceptors (Lipinski definition) is 3. The van der Waals surface area contributed by atoms with Crippen molar-refractivity contribution in [1.29, 1.82) is 0 Å². The van der Waals surface area contributed by atoms with Gasteiger partial charge in [0.25, 0.3) is 0 Å². The molecule has 0 radical (unpaired) electrons. The van der Waals surface area contributed by atoms with Crippen LogP contribution < -0.4 is 5.32 Å². The maximum Gasteiger partial charge on any atom is 0.236 e. The van der Waals surface area contributed by atoms with Crippen molar-refractivity contribution in [2.24, 2.45) is 0 Å². The minimum absolute atomic E-state index is 0.0861. The molecule has 1 amide bonds. The molecule has 0 spiro atoms. The average molecular weight is 308 g/mol. The summed E-state index contributed by atoms with van der Waals surface area (Å²) in [6.07, 6.45) is 0. The summed E-state index contributed by atoms with van der Waals surface area (Å²) in [7, 11) is 0. The Morgan fingerprint density at radius 1 is 1.32 bits per heavy atom. The van der Waals surface area contributed by atoms with E-state index in [4.69, 9.17) is 4.74 Å². The first-order valence-corrected chi connectivity index (χ1v) is 7.76. The van der Waals surface area contributed by atoms with Gasteiger partial charge in [0.1, 0.15) is 5.82 Å². The third-order valence-corrected chi connectivity index (χ3v) is 4.59. The van der Waals surface area contributed by atoms with Gasteiger partial charge in [-0.25, -0.2) is 4.39 Å². The Morgan fingerprint density at radius 3 is 2.50 bits per heavy atom. The molecule has 0 saturated carbocycles. The number of nitrogens with zero attached hydrogens (tertiary/aromatic N) is 1. The molecular formula is C17H25FN2O2. The highest BCUT2D eigenvalue weighted by molar-refractivity contribution is 5.78. The Bertz CT molecular complexity index is 496. The van der Waals surface area contributed by atoms with Crippen LogP contribution in [0, 0.1) is 5.82 Å². The first kappa shape index (κ1) is 16.9. The van der Waals surface area contributed by atoms with E-state index >= 15 is 0 Å². The summed E-state index contributed by atoms with van der Waals surface area (Å²) in [5.41, 5.74) is 0.853. The molecule has 1 aliphatic rings. The molecule has 2 rings (SSSR count). The molecule has 4 nitrogen and oxygen atoms in total. The molecule has 5 heteroatoms. The second kappa shape index (κ2) is 7.20. The maximum atomic E-state index is 13.1. The molecule has 1 saturated heterocycles. The van der Waals surface area contributed by atoms with Crippen molar-refractivity contribution >= 4 is 5.91 Å². The first-order chi connectivity index (χ1) is 10.4. The van der Waals surface area contributed by atoms with Crippen LogP contribution in [0.25, 0.3) is 0 Å². The average Bonchev–Trinajstić information content (AvgIpc) is 2.53. The summed E-state index contributed by atoms with van der Waals surface area (Å²) < 4.78 is 18.3. The smallest absolute Gasteiger partial charge is 0.236 e. The standard InChI is InChI=1S/C17H25FN2O2/c1-13(17(2,3)14-4-6-15(18)7-5-14)19-12-16(21)20-8-10-22-11-9-20/h4-7,13,19H,8-12H2,1-3H3/t13-/m1/s1. The number of morpholine rings is 1. The van der Waals surface area contributed by atoms with E-state index in [9.17, 15) is 9.18 Å². The van der Waals surface area contributed by atoms with Crippen molar-refractivity contribution in [2.75, 3.05) is 32.8 Å². The molecule has 1 aromatic rings. The molecule has 122 valence electrons. The van der Waals surface area contributed by atoms with E-state index in [1.54, 1.807) is 12.1 Å². The van der Waals surface area contributed by atoms with Crippen LogP contribution in [-0.2, 0) is 14.9 Å². The molecule has 1 atom stereocenters. The Kier molecular flexibility index (Phi) is 5.53. The predicted molar refractivity (Wildman–Crippen MR) is 84.3 cm³/mol. The van der Waals surface area contributed by atoms with E-state index in [0.717, 1.165) is 5.56 Å². The van der Waals surface area contributed by atoms with Gasteiger partial charge in [0.15, 0.2) is 0 Å². The third kappa shape index (κ3) is 4.05. The Hall–Kier alpha value is -1.46. The lowest BCUT2D eigenvalue weighted by Gasteiger charge is -2.34. The van der Waals surface area contributed by atoms with Crippen LogP contribution in [0.5, 0.6) is 0 Å². The fourth-order valence-electron chi connectivity index (χ4n) is 2.55. The summed E-state index contributed by atoms with van der Waals surface area (Å²) in [6.45, 7) is 9.10. The van der Waals surface area contributed by atoms with Gasteiger partial charge in [-0.2, -0.15) is 0 Å². The minimum Gasteiger partial charge on any atom is -0.378 e. The third-order valence-electron chi connectivity index (χ3n) is 4.59. The largest absolute Gasteiger partial charge is 0.378 e. The van der Waals surface area contributed by atoms with Gasteiger partial charge in [0.2, 0.25) is 5.91 Å². The van der Waals surface area contributed by atoms with Crippen molar-refractivity contribution in [1.82, 2.24) is 10.2 Å². The molecule has 0 aliphatic carbocycles. The number of ether oxygens (including phenoxy) is 1. The SMILES string of the molecule is C[C@@H](NCC(=O)N1CCOCC1)C(C)(C)c1ccc(F)cc1. The molecule has 1 fully saturated rings. The molecule has 1 heterocycles. The van der Waals surface area contributed by atoms with Gasteiger partial charge < -0.3 is 15.0 Å². The zero-order chi connectivity index (χ0) is 16.2. The first-order valence-electron chi connectivity index (χ1n) is 7.76. The number of carbonyl (C=O) groups is 1. The molecule has 22 heavy (non-hydrogen) atoms. The number of carbonyl (C=O) groups excluding carboxylic acids is 1. The van der Waals surface area contributed by atoms with Crippen molar-refractivity contribution in [3.8, 4) is 0 Å². The zero-order valence-corrected chi connectivity index (χ0v) is 13.6. The normalized spacial score (nSPS) is 17.4. The summed E-state index contributed by atoms with van der Waals surface area (Å²) in [6, 6.07) is 6.64. The van der Waals surface area contributed by atoms with Crippen molar-refractivity contribution in [3.63, 3.8) is 0 Å². The van der Waals surface area contributed by atoms with Gasteiger partial charge in [-0.1, -0.05) is 26.0 Å². The van der Waals surface area contributed by atoms with Crippen LogP contribution >= 0.6 is 0 Å². The molecule has 0 unspecified atom stereocenters. The number of hydrogen-bond donors (Lipinski definition) is 1. The Morgan fingerprint density at radius 2 is 1.91 bits per heavy atom. The zero-order valence-electron chi connectivity index (χ0n) is 13.6. The Balaban J connectivity index is 1.91. The highest BCUT2D eigenvalue weighted by atomic mass is 19.1. The second-order valence-electron chi connectivity index (χ2n) is 6.32. The number of amides is 1. The number of benzene rings is 1. The molecular weight excluding hydrogens is 283 g/mol. The van der Waals surface area contributed by atoms with Crippen LogP contribution in [0.3, 0.4) is 0 Å². The quantitative estimate of drug-likeness (QED) is 0.904. The topological polar surface area (TPSA) is 41.6 Å². The van der Waals surface area contributed by atoms with Crippen LogP contribution in [0.2, 0.25) is 0 Å². The van der Waals surface area contributed by atoms with Crippen LogP contribution in [-0.4, -0.2) is 49.7 Å². The number of rotatable bonds is 5. The lowest BCUT2D eigenvalue weighted by Crippen LogP contribution is -2.49. The fourth-order valence-corrected chi connectivity index (χ4v) is 2.55. The van der Waals surface area contributed by atoms with Crippen molar-refractivity contribution in [3.05, 3.63) is 35.6 Å². The molecule has 1 N–H and O–H groups in total. The van der Waals surface area contributed by atoms with E-state index < -0.39 is 0 Å². The van der Waals surface area contributed by atoms with Gasteiger partial charge in [0, 0.05) is 24.5 Å². The summed E-state index contributed by atoms with van der Waals surface area (Å²) in [5, 5.41) is 3.31. The number of nitrogens with one attached hydrogen (secondary N) is 1. The van der Waals surface area contributed by atoms with Crippen LogP contribution in [0.1, 0.15) is 26.3 Å². The fraction of sp³-hybridized carbons (Fsp3) is 0.588. The van der Waals surface area contributed by atoms with Crippen molar-refractivity contribution < 1.29 is 13.9 Å². The van der Waals surface area contributed by atoms with Gasteiger partial charge >= 0.3 is 0 Å². The van der Waals surface area contributed by atoms with Gasteiger partial charge in [0.05, 0.1) is 19.8 Å². The van der Waals surface area contributed by atoms with Gasteiger partial charge in [-0.15, -0.1) is 0 Å². The summed E-state index contributed by atoms with van der Waals surface area (Å²) >= 11 is 0. The monoisotopic (exact) mass is 308 g/mol. The van der Waals surface area contributed by atoms with Gasteiger partial charge in [-0.3, -0.25) is 4.79 Å². The molecule has 1 aliphatic heterocycles. The van der Waals surface area contributed by atoms with E-state index in [1.165, 1.54) is 12.1 Å². The predicted octanol–water partition coefficient (Wildman–Crippen LogP) is 1.94. The van der Waals surface area contributed by atoms with Gasteiger partial charge in [-0.05, 0) is 24.6 Å². The highest BCUT2D eigenvalue weighted by Crippen LogP contribution is 2.27. The highest BCUT2D eigenvalue weighted by Gasteiger charge is 2.28. The minimum atomic E-state index is -0.234. The van der Waals surface area contributed by atoms with E-state index in [2.05, 4.69) is 26.1 Å². The number of halogens is 1. The summed E-state index contributed by atoms with van der Waals surface area (Å²) in [5.74, 6) is -0.132. The maximum absolute atomic E-state index is 13.1. The van der Waals surface area contributed by atoms with Crippen LogP contribution in [0.4, 0.5) is 4.39 Å². The van der Waals surface area contributed by atoms with Crippen molar-refractivity contribution in [2.45, 2.75) is 32.2 Å². The molecule has 0 aromatic heterocycles. The van der Waals surface area contributed by atoms with E-state index in [1.807, 2.05) is 4.90 Å².